The monoisotopic (exact) mass is 339 g/mol. The summed E-state index contributed by atoms with van der Waals surface area (Å²) < 4.78 is 6.03. The molecule has 0 aliphatic carbocycles. The number of rotatable bonds is 3. The van der Waals surface area contributed by atoms with Crippen LogP contribution in [0.2, 0.25) is 0 Å². The van der Waals surface area contributed by atoms with E-state index in [0.717, 1.165) is 19.5 Å². The molecule has 6 nitrogen and oxygen atoms in total. The van der Waals surface area contributed by atoms with Gasteiger partial charge in [-0.1, -0.05) is 30.3 Å². The van der Waals surface area contributed by atoms with Gasteiger partial charge in [-0.3, -0.25) is 14.7 Å². The normalized spacial score (nSPS) is 26.2. The summed E-state index contributed by atoms with van der Waals surface area (Å²) >= 11 is 0. The minimum atomic E-state index is -0.200. The molecule has 2 fully saturated rings. The topological polar surface area (TPSA) is 74.7 Å². The molecule has 1 aromatic heterocycles. The van der Waals surface area contributed by atoms with E-state index in [4.69, 9.17) is 4.74 Å². The first kappa shape index (κ1) is 16.1. The second-order valence-electron chi connectivity index (χ2n) is 6.68. The molecular weight excluding hydrogens is 318 g/mol. The lowest BCUT2D eigenvalue weighted by Crippen LogP contribution is -2.43. The number of aromatic nitrogens is 1. The van der Waals surface area contributed by atoms with Crippen LogP contribution >= 0.6 is 0 Å². The number of morpholine rings is 1. The Morgan fingerprint density at radius 3 is 2.88 bits per heavy atom. The second kappa shape index (κ2) is 6.82. The first-order chi connectivity index (χ1) is 12.2. The predicted molar refractivity (Wildman–Crippen MR) is 92.3 cm³/mol. The number of nitrogens with zero attached hydrogens (tertiary/aromatic N) is 2. The van der Waals surface area contributed by atoms with Gasteiger partial charge in [-0.2, -0.15) is 0 Å². The van der Waals surface area contributed by atoms with Gasteiger partial charge in [-0.15, -0.1) is 0 Å². The molecule has 2 aliphatic rings. The van der Waals surface area contributed by atoms with Crippen molar-refractivity contribution in [3.63, 3.8) is 0 Å². The van der Waals surface area contributed by atoms with Crippen LogP contribution in [0, 0.1) is 0 Å². The Kier molecular flexibility index (Phi) is 4.38. The van der Waals surface area contributed by atoms with Gasteiger partial charge in [0.15, 0.2) is 0 Å². The van der Waals surface area contributed by atoms with Crippen molar-refractivity contribution in [1.29, 1.82) is 0 Å². The highest BCUT2D eigenvalue weighted by molar-refractivity contribution is 5.94. The summed E-state index contributed by atoms with van der Waals surface area (Å²) in [6.45, 7) is 2.34. The number of amides is 1. The van der Waals surface area contributed by atoms with Gasteiger partial charge in [0.2, 0.25) is 0 Å². The second-order valence-corrected chi connectivity index (χ2v) is 6.68. The Hall–Kier alpha value is -2.44. The van der Waals surface area contributed by atoms with E-state index in [1.165, 1.54) is 24.0 Å². The van der Waals surface area contributed by atoms with Crippen molar-refractivity contribution in [2.75, 3.05) is 19.7 Å². The van der Waals surface area contributed by atoms with Crippen molar-refractivity contribution in [1.82, 2.24) is 15.2 Å². The molecule has 0 spiro atoms. The van der Waals surface area contributed by atoms with Crippen LogP contribution in [0.3, 0.4) is 0 Å². The molecule has 1 aromatic carbocycles. The van der Waals surface area contributed by atoms with Crippen LogP contribution < -0.4 is 5.32 Å². The fourth-order valence-electron chi connectivity index (χ4n) is 3.67. The summed E-state index contributed by atoms with van der Waals surface area (Å²) in [5.41, 5.74) is 1.57. The summed E-state index contributed by atoms with van der Waals surface area (Å²) in [5, 5.41) is 12.5. The van der Waals surface area contributed by atoms with Gasteiger partial charge in [0.25, 0.3) is 5.91 Å². The third-order valence-electron chi connectivity index (χ3n) is 4.91. The van der Waals surface area contributed by atoms with Gasteiger partial charge in [0.05, 0.1) is 24.5 Å². The van der Waals surface area contributed by atoms with Gasteiger partial charge < -0.3 is 15.2 Å². The van der Waals surface area contributed by atoms with Crippen LogP contribution in [-0.2, 0) is 4.74 Å². The molecule has 0 unspecified atom stereocenters. The minimum absolute atomic E-state index is 0.00408. The molecule has 6 heteroatoms. The zero-order chi connectivity index (χ0) is 17.2. The lowest BCUT2D eigenvalue weighted by molar-refractivity contribution is -0.0502. The summed E-state index contributed by atoms with van der Waals surface area (Å²) in [5.74, 6) is -0.204. The molecule has 0 bridgehead atoms. The fraction of sp³-hybridized carbons (Fsp3) is 0.368. The Bertz CT molecular complexity index is 753. The molecule has 2 N–H and O–H groups in total. The van der Waals surface area contributed by atoms with Crippen LogP contribution in [-0.4, -0.2) is 52.7 Å². The van der Waals surface area contributed by atoms with Crippen LogP contribution in [0.1, 0.15) is 28.4 Å². The van der Waals surface area contributed by atoms with Crippen molar-refractivity contribution in [2.24, 2.45) is 0 Å². The molecule has 0 saturated carbocycles. The van der Waals surface area contributed by atoms with Crippen LogP contribution in [0.25, 0.3) is 0 Å². The molecule has 2 aromatic rings. The maximum Gasteiger partial charge on any atom is 0.253 e. The zero-order valence-corrected chi connectivity index (χ0v) is 13.8. The van der Waals surface area contributed by atoms with E-state index in [-0.39, 0.29) is 23.8 Å². The smallest absolute Gasteiger partial charge is 0.253 e. The molecule has 0 radical (unpaired) electrons. The molecule has 25 heavy (non-hydrogen) atoms. The maximum atomic E-state index is 12.3. The molecule has 130 valence electrons. The molecule has 3 atom stereocenters. The maximum absolute atomic E-state index is 12.3. The molecule has 1 amide bonds. The molecule has 2 saturated heterocycles. The van der Waals surface area contributed by atoms with Crippen molar-refractivity contribution in [3.8, 4) is 5.75 Å². The summed E-state index contributed by atoms with van der Waals surface area (Å²) in [6.07, 6.45) is 3.74. The number of hydrogen-bond donors (Lipinski definition) is 2. The van der Waals surface area contributed by atoms with Gasteiger partial charge in [-0.05, 0) is 18.1 Å². The number of hydrogen-bond acceptors (Lipinski definition) is 5. The van der Waals surface area contributed by atoms with Crippen molar-refractivity contribution in [3.05, 3.63) is 59.9 Å². The quantitative estimate of drug-likeness (QED) is 0.891. The largest absolute Gasteiger partial charge is 0.506 e. The first-order valence-corrected chi connectivity index (χ1v) is 8.54. The van der Waals surface area contributed by atoms with E-state index in [1.54, 1.807) is 0 Å². The Morgan fingerprint density at radius 2 is 2.08 bits per heavy atom. The van der Waals surface area contributed by atoms with E-state index in [9.17, 15) is 9.90 Å². The highest BCUT2D eigenvalue weighted by Crippen LogP contribution is 2.30. The van der Waals surface area contributed by atoms with E-state index in [2.05, 4.69) is 27.3 Å². The molecular formula is C19H21N3O3. The van der Waals surface area contributed by atoms with Crippen LogP contribution in [0.4, 0.5) is 0 Å². The zero-order valence-electron chi connectivity index (χ0n) is 13.8. The fourth-order valence-corrected chi connectivity index (χ4v) is 3.67. The third kappa shape index (κ3) is 3.50. The van der Waals surface area contributed by atoms with Gasteiger partial charge in [-0.25, -0.2) is 0 Å². The first-order valence-electron chi connectivity index (χ1n) is 8.54. The highest BCUT2D eigenvalue weighted by atomic mass is 16.5. The molecule has 3 heterocycles. The average molecular weight is 339 g/mol. The highest BCUT2D eigenvalue weighted by Gasteiger charge is 2.38. The number of pyridine rings is 1. The number of carbonyl (C=O) groups excluding carboxylic acids is 1. The Balaban J connectivity index is 1.37. The van der Waals surface area contributed by atoms with Crippen LogP contribution in [0.5, 0.6) is 5.75 Å². The molecule has 2 aliphatic heterocycles. The number of aromatic hydroxyl groups is 1. The van der Waals surface area contributed by atoms with Gasteiger partial charge in [0, 0.05) is 31.4 Å². The lowest BCUT2D eigenvalue weighted by Gasteiger charge is -2.35. The van der Waals surface area contributed by atoms with E-state index in [1.807, 2.05) is 18.2 Å². The predicted octanol–water partition coefficient (Wildman–Crippen LogP) is 1.73. The van der Waals surface area contributed by atoms with Crippen LogP contribution in [0.15, 0.2) is 48.8 Å². The van der Waals surface area contributed by atoms with Gasteiger partial charge >= 0.3 is 0 Å². The number of benzene rings is 1. The summed E-state index contributed by atoms with van der Waals surface area (Å²) in [7, 11) is 0. The standard InChI is InChI=1S/C19H21N3O3/c23-17-6-14(8-20-9-17)19(24)21-15-7-16-12-25-18(11-22(16)10-15)13-4-2-1-3-5-13/h1-6,8-9,15-16,18,23H,7,10-12H2,(H,21,24)/t15-,16+,18-/m1/s1. The minimum Gasteiger partial charge on any atom is -0.506 e. The van der Waals surface area contributed by atoms with Crippen molar-refractivity contribution >= 4 is 5.91 Å². The number of ether oxygens (including phenoxy) is 1. The lowest BCUT2D eigenvalue weighted by atomic mass is 10.1. The summed E-state index contributed by atoms with van der Waals surface area (Å²) in [4.78, 5) is 18.6. The third-order valence-corrected chi connectivity index (χ3v) is 4.91. The molecule has 4 rings (SSSR count). The Labute approximate surface area is 146 Å². The Morgan fingerprint density at radius 1 is 1.24 bits per heavy atom. The van der Waals surface area contributed by atoms with E-state index < -0.39 is 0 Å². The number of fused-ring (bicyclic) bond motifs is 1. The van der Waals surface area contributed by atoms with Crippen molar-refractivity contribution < 1.29 is 14.6 Å². The number of carbonyl (C=O) groups is 1. The number of nitrogens with one attached hydrogen (secondary N) is 1. The SMILES string of the molecule is O=C(N[C@@H]1C[C@H]2CO[C@@H](c3ccccc3)CN2C1)c1cncc(O)c1. The average Bonchev–Trinajstić information content (AvgIpc) is 3.03. The van der Waals surface area contributed by atoms with Gasteiger partial charge in [0.1, 0.15) is 5.75 Å². The van der Waals surface area contributed by atoms with E-state index >= 15 is 0 Å². The van der Waals surface area contributed by atoms with E-state index in [0.29, 0.717) is 18.2 Å². The van der Waals surface area contributed by atoms with Crippen molar-refractivity contribution in [2.45, 2.75) is 24.6 Å². The summed E-state index contributed by atoms with van der Waals surface area (Å²) in [6, 6.07) is 12.1.